The number of nitrogens with zero attached hydrogens (tertiary/aromatic N) is 1. The number of anilines is 1. The number of hydrogen-bond acceptors (Lipinski definition) is 4. The molecular weight excluding hydrogens is 282 g/mol. The first-order valence-corrected chi connectivity index (χ1v) is 7.97. The molecule has 3 aromatic rings. The molecule has 3 nitrogen and oxygen atoms in total. The Morgan fingerprint density at radius 1 is 1.14 bits per heavy atom. The van der Waals surface area contributed by atoms with E-state index < -0.39 is 0 Å². The molecule has 0 fully saturated rings. The van der Waals surface area contributed by atoms with Gasteiger partial charge in [0.2, 0.25) is 0 Å². The van der Waals surface area contributed by atoms with Crippen molar-refractivity contribution in [2.45, 2.75) is 13.8 Å². The fourth-order valence-corrected chi connectivity index (χ4v) is 3.22. The molecule has 2 aromatic heterocycles. The second-order valence-electron chi connectivity index (χ2n) is 4.82. The van der Waals surface area contributed by atoms with Gasteiger partial charge in [-0.3, -0.25) is 0 Å². The van der Waals surface area contributed by atoms with Gasteiger partial charge in [0.1, 0.15) is 5.58 Å². The topological polar surface area (TPSA) is 33.5 Å². The van der Waals surface area contributed by atoms with Gasteiger partial charge >= 0.3 is 5.63 Å². The molecule has 4 heteroatoms. The van der Waals surface area contributed by atoms with Crippen LogP contribution in [0.5, 0.6) is 0 Å². The van der Waals surface area contributed by atoms with Crippen molar-refractivity contribution in [2.24, 2.45) is 0 Å². The Labute approximate surface area is 127 Å². The highest BCUT2D eigenvalue weighted by Crippen LogP contribution is 2.27. The summed E-state index contributed by atoms with van der Waals surface area (Å²) >= 11 is 1.55. The predicted octanol–water partition coefficient (Wildman–Crippen LogP) is 4.37. The summed E-state index contributed by atoms with van der Waals surface area (Å²) < 4.78 is 5.52. The molecule has 0 saturated carbocycles. The van der Waals surface area contributed by atoms with Crippen LogP contribution in [-0.4, -0.2) is 13.1 Å². The van der Waals surface area contributed by atoms with Crippen molar-refractivity contribution >= 4 is 28.0 Å². The van der Waals surface area contributed by atoms with Crippen LogP contribution in [0.2, 0.25) is 0 Å². The van der Waals surface area contributed by atoms with E-state index in [2.05, 4.69) is 24.8 Å². The van der Waals surface area contributed by atoms with E-state index in [4.69, 9.17) is 4.42 Å². The fraction of sp³-hybridized carbons (Fsp3) is 0.235. The summed E-state index contributed by atoms with van der Waals surface area (Å²) in [5.41, 5.74) is 2.08. The molecule has 0 N–H and O–H groups in total. The molecule has 0 saturated heterocycles. The third-order valence-corrected chi connectivity index (χ3v) is 4.54. The van der Waals surface area contributed by atoms with Gasteiger partial charge in [0.05, 0.1) is 5.56 Å². The van der Waals surface area contributed by atoms with Crippen LogP contribution in [0, 0.1) is 0 Å². The highest BCUT2D eigenvalue weighted by molar-refractivity contribution is 7.13. The Balaban J connectivity index is 2.13. The van der Waals surface area contributed by atoms with Gasteiger partial charge in [0.25, 0.3) is 0 Å². The molecule has 0 amide bonds. The Kier molecular flexibility index (Phi) is 3.80. The summed E-state index contributed by atoms with van der Waals surface area (Å²) in [7, 11) is 0. The quantitative estimate of drug-likeness (QED) is 0.671. The summed E-state index contributed by atoms with van der Waals surface area (Å²) in [5, 5.41) is 2.91. The van der Waals surface area contributed by atoms with Crippen molar-refractivity contribution in [1.82, 2.24) is 0 Å². The molecule has 0 aliphatic heterocycles. The minimum atomic E-state index is -0.276. The monoisotopic (exact) mass is 299 g/mol. The molecule has 0 bridgehead atoms. The minimum Gasteiger partial charge on any atom is -0.422 e. The van der Waals surface area contributed by atoms with Crippen molar-refractivity contribution in [3.8, 4) is 10.4 Å². The van der Waals surface area contributed by atoms with E-state index in [-0.39, 0.29) is 5.63 Å². The average molecular weight is 299 g/mol. The first kappa shape index (κ1) is 13.9. The summed E-state index contributed by atoms with van der Waals surface area (Å²) in [4.78, 5) is 15.4. The highest BCUT2D eigenvalue weighted by atomic mass is 32.1. The van der Waals surface area contributed by atoms with E-state index in [1.54, 1.807) is 11.3 Å². The number of benzene rings is 1. The van der Waals surface area contributed by atoms with Gasteiger partial charge in [-0.2, -0.15) is 0 Å². The van der Waals surface area contributed by atoms with Gasteiger partial charge in [-0.1, -0.05) is 6.07 Å². The van der Waals surface area contributed by atoms with Crippen molar-refractivity contribution in [3.05, 3.63) is 52.2 Å². The molecule has 0 aliphatic carbocycles. The Morgan fingerprint density at radius 2 is 1.95 bits per heavy atom. The molecule has 21 heavy (non-hydrogen) atoms. The van der Waals surface area contributed by atoms with Gasteiger partial charge < -0.3 is 9.32 Å². The van der Waals surface area contributed by atoms with Crippen LogP contribution in [0.3, 0.4) is 0 Å². The third kappa shape index (κ3) is 2.59. The number of rotatable bonds is 4. The molecule has 0 spiro atoms. The standard InChI is InChI=1S/C17H17NO2S/c1-3-18(4-2)13-8-7-12-10-14(16-6-5-9-21-16)17(19)20-15(12)11-13/h5-11H,3-4H2,1-2H3. The second kappa shape index (κ2) is 5.74. The number of fused-ring (bicyclic) bond motifs is 1. The lowest BCUT2D eigenvalue weighted by Crippen LogP contribution is -2.21. The summed E-state index contributed by atoms with van der Waals surface area (Å²) in [6, 6.07) is 11.8. The zero-order valence-electron chi connectivity index (χ0n) is 12.1. The van der Waals surface area contributed by atoms with Crippen LogP contribution >= 0.6 is 11.3 Å². The largest absolute Gasteiger partial charge is 0.422 e. The normalized spacial score (nSPS) is 11.0. The lowest BCUT2D eigenvalue weighted by atomic mass is 10.1. The van der Waals surface area contributed by atoms with Crippen LogP contribution in [0.25, 0.3) is 21.4 Å². The maximum Gasteiger partial charge on any atom is 0.345 e. The van der Waals surface area contributed by atoms with Crippen molar-refractivity contribution in [1.29, 1.82) is 0 Å². The molecular formula is C17H17NO2S. The molecule has 0 aliphatic rings. The molecule has 0 radical (unpaired) electrons. The van der Waals surface area contributed by atoms with Crippen LogP contribution in [-0.2, 0) is 0 Å². The first-order valence-electron chi connectivity index (χ1n) is 7.09. The summed E-state index contributed by atoms with van der Waals surface area (Å²) in [5.74, 6) is 0. The lowest BCUT2D eigenvalue weighted by molar-refractivity contribution is 0.563. The minimum absolute atomic E-state index is 0.276. The van der Waals surface area contributed by atoms with E-state index in [1.807, 2.05) is 35.7 Å². The molecule has 0 unspecified atom stereocenters. The van der Waals surface area contributed by atoms with Gasteiger partial charge in [0.15, 0.2) is 0 Å². The number of thiophene rings is 1. The molecule has 1 aromatic carbocycles. The second-order valence-corrected chi connectivity index (χ2v) is 5.77. The van der Waals surface area contributed by atoms with Gasteiger partial charge in [0, 0.05) is 35.1 Å². The maximum absolute atomic E-state index is 12.2. The van der Waals surface area contributed by atoms with E-state index >= 15 is 0 Å². The van der Waals surface area contributed by atoms with Crippen molar-refractivity contribution in [3.63, 3.8) is 0 Å². The van der Waals surface area contributed by atoms with Crippen LogP contribution in [0.4, 0.5) is 5.69 Å². The van der Waals surface area contributed by atoms with Gasteiger partial charge in [-0.15, -0.1) is 11.3 Å². The van der Waals surface area contributed by atoms with Crippen LogP contribution in [0.1, 0.15) is 13.8 Å². The van der Waals surface area contributed by atoms with E-state index in [1.165, 1.54) is 0 Å². The van der Waals surface area contributed by atoms with Gasteiger partial charge in [-0.05, 0) is 43.5 Å². The Hall–Kier alpha value is -2.07. The Morgan fingerprint density at radius 3 is 2.62 bits per heavy atom. The van der Waals surface area contributed by atoms with E-state index in [0.29, 0.717) is 11.1 Å². The molecule has 108 valence electrons. The molecule has 2 heterocycles. The van der Waals surface area contributed by atoms with Crippen LogP contribution in [0.15, 0.2) is 51.0 Å². The smallest absolute Gasteiger partial charge is 0.345 e. The van der Waals surface area contributed by atoms with Gasteiger partial charge in [-0.25, -0.2) is 4.79 Å². The first-order chi connectivity index (χ1) is 10.2. The van der Waals surface area contributed by atoms with Crippen molar-refractivity contribution in [2.75, 3.05) is 18.0 Å². The van der Waals surface area contributed by atoms with E-state index in [0.717, 1.165) is 29.0 Å². The molecule has 0 atom stereocenters. The number of hydrogen-bond donors (Lipinski definition) is 0. The lowest BCUT2D eigenvalue weighted by Gasteiger charge is -2.20. The zero-order chi connectivity index (χ0) is 14.8. The fourth-order valence-electron chi connectivity index (χ4n) is 2.49. The predicted molar refractivity (Wildman–Crippen MR) is 89.4 cm³/mol. The highest BCUT2D eigenvalue weighted by Gasteiger charge is 2.10. The Bertz CT molecular complexity index is 801. The zero-order valence-corrected chi connectivity index (χ0v) is 12.9. The van der Waals surface area contributed by atoms with Crippen LogP contribution < -0.4 is 10.5 Å². The summed E-state index contributed by atoms with van der Waals surface area (Å²) in [6.45, 7) is 6.09. The summed E-state index contributed by atoms with van der Waals surface area (Å²) in [6.07, 6.45) is 0. The van der Waals surface area contributed by atoms with Crippen molar-refractivity contribution < 1.29 is 4.42 Å². The van der Waals surface area contributed by atoms with E-state index in [9.17, 15) is 4.79 Å². The average Bonchev–Trinajstić information content (AvgIpc) is 3.01. The maximum atomic E-state index is 12.2. The SMILES string of the molecule is CCN(CC)c1ccc2cc(-c3cccs3)c(=O)oc2c1. The molecule has 3 rings (SSSR count). The third-order valence-electron chi connectivity index (χ3n) is 3.63.